The zero-order chi connectivity index (χ0) is 15.7. The minimum absolute atomic E-state index is 0.0469. The summed E-state index contributed by atoms with van der Waals surface area (Å²) in [7, 11) is 0. The Morgan fingerprint density at radius 1 is 1.09 bits per heavy atom. The van der Waals surface area contributed by atoms with Crippen LogP contribution in [0, 0.1) is 0 Å². The van der Waals surface area contributed by atoms with Gasteiger partial charge in [-0.3, -0.25) is 4.98 Å². The summed E-state index contributed by atoms with van der Waals surface area (Å²) in [6.45, 7) is 0. The van der Waals surface area contributed by atoms with E-state index in [-0.39, 0.29) is 10.9 Å². The highest BCUT2D eigenvalue weighted by Crippen LogP contribution is 2.36. The monoisotopic (exact) mass is 332 g/mol. The highest BCUT2D eigenvalue weighted by atomic mass is 35.5. The first-order valence-electron chi connectivity index (χ1n) is 6.19. The number of hydrogen-bond donors (Lipinski definition) is 2. The van der Waals surface area contributed by atoms with Gasteiger partial charge in [-0.15, -0.1) is 0 Å². The van der Waals surface area contributed by atoms with Crippen LogP contribution in [0.1, 0.15) is 10.5 Å². The molecule has 2 N–H and O–H groups in total. The number of nitrogens with zero attached hydrogens (tertiary/aromatic N) is 2. The van der Waals surface area contributed by atoms with Gasteiger partial charge in [-0.2, -0.15) is 0 Å². The fourth-order valence-corrected chi connectivity index (χ4v) is 3.09. The van der Waals surface area contributed by atoms with E-state index in [1.165, 1.54) is 11.8 Å². The second kappa shape index (κ2) is 5.82. The summed E-state index contributed by atoms with van der Waals surface area (Å²) in [5, 5.41) is 20.1. The molecule has 3 rings (SSSR count). The molecule has 0 spiro atoms. The number of aromatic carboxylic acids is 1. The van der Waals surface area contributed by atoms with E-state index in [9.17, 15) is 9.90 Å². The van der Waals surface area contributed by atoms with Crippen molar-refractivity contribution in [3.05, 3.63) is 53.6 Å². The van der Waals surface area contributed by atoms with Crippen LogP contribution in [0.15, 0.2) is 52.5 Å². The van der Waals surface area contributed by atoms with Crippen molar-refractivity contribution in [2.24, 2.45) is 0 Å². The number of pyridine rings is 2. The van der Waals surface area contributed by atoms with Crippen molar-refractivity contribution in [1.29, 1.82) is 0 Å². The topological polar surface area (TPSA) is 83.3 Å². The van der Waals surface area contributed by atoms with Crippen molar-refractivity contribution in [2.75, 3.05) is 0 Å². The molecule has 0 atom stereocenters. The van der Waals surface area contributed by atoms with Crippen LogP contribution in [0.4, 0.5) is 0 Å². The van der Waals surface area contributed by atoms with Gasteiger partial charge in [0.15, 0.2) is 11.4 Å². The number of fused-ring (bicyclic) bond motifs is 1. The zero-order valence-electron chi connectivity index (χ0n) is 11.0. The fraction of sp³-hybridized carbons (Fsp3) is 0. The molecular formula is C15H9ClN2O3S. The predicted molar refractivity (Wildman–Crippen MR) is 83.7 cm³/mol. The van der Waals surface area contributed by atoms with Gasteiger partial charge in [-0.25, -0.2) is 9.78 Å². The number of aromatic nitrogens is 2. The maximum absolute atomic E-state index is 11.1. The Hall–Kier alpha value is -2.31. The SMILES string of the molecule is O=C(O)c1nc(Cl)c2ccc(Sc3ccncc3)cc2c1O. The van der Waals surface area contributed by atoms with Gasteiger partial charge in [-0.05, 0) is 24.3 Å². The summed E-state index contributed by atoms with van der Waals surface area (Å²) < 4.78 is 0. The predicted octanol–water partition coefficient (Wildman–Crippen LogP) is 3.84. The molecule has 110 valence electrons. The molecule has 5 nitrogen and oxygen atoms in total. The third-order valence-corrected chi connectivity index (χ3v) is 4.28. The van der Waals surface area contributed by atoms with E-state index < -0.39 is 11.7 Å². The van der Waals surface area contributed by atoms with E-state index in [1.807, 2.05) is 18.2 Å². The Morgan fingerprint density at radius 2 is 1.82 bits per heavy atom. The number of rotatable bonds is 3. The van der Waals surface area contributed by atoms with Gasteiger partial charge in [-0.1, -0.05) is 29.4 Å². The molecule has 0 unspecified atom stereocenters. The first kappa shape index (κ1) is 14.6. The average molecular weight is 333 g/mol. The lowest BCUT2D eigenvalue weighted by atomic mass is 10.1. The molecule has 1 aromatic carbocycles. The molecule has 0 aliphatic rings. The minimum atomic E-state index is -1.33. The summed E-state index contributed by atoms with van der Waals surface area (Å²) in [6.07, 6.45) is 3.37. The van der Waals surface area contributed by atoms with Gasteiger partial charge in [0.1, 0.15) is 5.15 Å². The maximum atomic E-state index is 11.1. The van der Waals surface area contributed by atoms with Crippen LogP contribution in [0.25, 0.3) is 10.8 Å². The highest BCUT2D eigenvalue weighted by Gasteiger charge is 2.18. The van der Waals surface area contributed by atoms with Crippen LogP contribution in [-0.4, -0.2) is 26.2 Å². The van der Waals surface area contributed by atoms with Gasteiger partial charge >= 0.3 is 5.97 Å². The Kier molecular flexibility index (Phi) is 3.87. The number of carboxylic acid groups (broad SMARTS) is 1. The summed E-state index contributed by atoms with van der Waals surface area (Å²) in [6, 6.07) is 8.95. The van der Waals surface area contributed by atoms with Crippen molar-refractivity contribution in [1.82, 2.24) is 9.97 Å². The maximum Gasteiger partial charge on any atom is 0.358 e. The quantitative estimate of drug-likeness (QED) is 0.709. The normalized spacial score (nSPS) is 10.8. The number of halogens is 1. The van der Waals surface area contributed by atoms with E-state index in [2.05, 4.69) is 9.97 Å². The standard InChI is InChI=1S/C15H9ClN2O3S/c16-14-10-2-1-9(22-8-3-5-17-6-4-8)7-11(10)13(19)12(18-14)15(20)21/h1-7,19H,(H,20,21). The molecular weight excluding hydrogens is 324 g/mol. The molecule has 7 heteroatoms. The Labute approximate surface area is 134 Å². The molecule has 0 aliphatic carbocycles. The van der Waals surface area contributed by atoms with E-state index in [0.717, 1.165) is 9.79 Å². The van der Waals surface area contributed by atoms with E-state index in [0.29, 0.717) is 10.8 Å². The number of benzene rings is 1. The zero-order valence-corrected chi connectivity index (χ0v) is 12.6. The largest absolute Gasteiger partial charge is 0.505 e. The molecule has 0 fully saturated rings. The van der Waals surface area contributed by atoms with Crippen LogP contribution in [-0.2, 0) is 0 Å². The molecule has 0 aliphatic heterocycles. The van der Waals surface area contributed by atoms with E-state index in [1.54, 1.807) is 24.5 Å². The second-order valence-corrected chi connectivity index (χ2v) is 5.90. The average Bonchev–Trinajstić information content (AvgIpc) is 2.51. The number of hydrogen-bond acceptors (Lipinski definition) is 5. The lowest BCUT2D eigenvalue weighted by Crippen LogP contribution is -2.01. The van der Waals surface area contributed by atoms with Crippen molar-refractivity contribution in [2.45, 2.75) is 9.79 Å². The minimum Gasteiger partial charge on any atom is -0.505 e. The van der Waals surface area contributed by atoms with Gasteiger partial charge in [0.05, 0.1) is 0 Å². The van der Waals surface area contributed by atoms with Gasteiger partial charge in [0.2, 0.25) is 0 Å². The first-order chi connectivity index (χ1) is 10.6. The third-order valence-electron chi connectivity index (χ3n) is 2.99. The van der Waals surface area contributed by atoms with Gasteiger partial charge < -0.3 is 10.2 Å². The van der Waals surface area contributed by atoms with Crippen molar-refractivity contribution < 1.29 is 15.0 Å². The molecule has 2 aromatic heterocycles. The molecule has 0 saturated carbocycles. The first-order valence-corrected chi connectivity index (χ1v) is 7.39. The lowest BCUT2D eigenvalue weighted by molar-refractivity contribution is 0.0687. The molecule has 0 bridgehead atoms. The Morgan fingerprint density at radius 3 is 2.50 bits per heavy atom. The second-order valence-electron chi connectivity index (χ2n) is 4.40. The van der Waals surface area contributed by atoms with Crippen LogP contribution < -0.4 is 0 Å². The summed E-state index contributed by atoms with van der Waals surface area (Å²) in [4.78, 5) is 20.6. The lowest BCUT2D eigenvalue weighted by Gasteiger charge is -2.08. The third kappa shape index (κ3) is 2.70. The van der Waals surface area contributed by atoms with E-state index >= 15 is 0 Å². The fourth-order valence-electron chi connectivity index (χ4n) is 1.99. The molecule has 0 radical (unpaired) electrons. The van der Waals surface area contributed by atoms with Crippen molar-refractivity contribution >= 4 is 40.1 Å². The molecule has 2 heterocycles. The van der Waals surface area contributed by atoms with Gasteiger partial charge in [0.25, 0.3) is 0 Å². The molecule has 0 saturated heterocycles. The molecule has 3 aromatic rings. The number of carboxylic acids is 1. The number of aromatic hydroxyl groups is 1. The highest BCUT2D eigenvalue weighted by molar-refractivity contribution is 7.99. The molecule has 0 amide bonds. The van der Waals surface area contributed by atoms with Crippen LogP contribution >= 0.6 is 23.4 Å². The molecule has 22 heavy (non-hydrogen) atoms. The summed E-state index contributed by atoms with van der Waals surface area (Å²) >= 11 is 7.46. The smallest absolute Gasteiger partial charge is 0.358 e. The summed E-state index contributed by atoms with van der Waals surface area (Å²) in [5.41, 5.74) is -0.455. The van der Waals surface area contributed by atoms with E-state index in [4.69, 9.17) is 16.7 Å². The Bertz CT molecular complexity index is 872. The summed E-state index contributed by atoms with van der Waals surface area (Å²) in [5.74, 6) is -1.71. The van der Waals surface area contributed by atoms with Crippen LogP contribution in [0.5, 0.6) is 5.75 Å². The van der Waals surface area contributed by atoms with Crippen LogP contribution in [0.3, 0.4) is 0 Å². The van der Waals surface area contributed by atoms with Gasteiger partial charge in [0, 0.05) is 33.0 Å². The van der Waals surface area contributed by atoms with Crippen molar-refractivity contribution in [3.63, 3.8) is 0 Å². The number of carbonyl (C=O) groups is 1. The van der Waals surface area contributed by atoms with Crippen molar-refractivity contribution in [3.8, 4) is 5.75 Å². The Balaban J connectivity index is 2.12. The van der Waals surface area contributed by atoms with Crippen LogP contribution in [0.2, 0.25) is 5.15 Å².